The maximum atomic E-state index is 13.8. The van der Waals surface area contributed by atoms with Crippen LogP contribution in [0.5, 0.6) is 0 Å². The lowest BCUT2D eigenvalue weighted by Crippen LogP contribution is -2.35. The molecule has 1 fully saturated rings. The first kappa shape index (κ1) is 15.8. The van der Waals surface area contributed by atoms with E-state index >= 15 is 0 Å². The Bertz CT molecular complexity index is 720. The Hall–Kier alpha value is -2.09. The first-order chi connectivity index (χ1) is 11.1. The van der Waals surface area contributed by atoms with E-state index in [1.165, 1.54) is 17.8 Å². The molecule has 1 saturated heterocycles. The van der Waals surface area contributed by atoms with E-state index in [2.05, 4.69) is 15.5 Å². The molecule has 2 amide bonds. The van der Waals surface area contributed by atoms with Gasteiger partial charge in [-0.15, -0.1) is 22.0 Å². The lowest BCUT2D eigenvalue weighted by Gasteiger charge is -2.24. The van der Waals surface area contributed by atoms with E-state index in [1.807, 2.05) is 17.9 Å². The van der Waals surface area contributed by atoms with Gasteiger partial charge in [0.25, 0.3) is 0 Å². The monoisotopic (exact) mass is 335 g/mol. The molecule has 0 saturated carbocycles. The van der Waals surface area contributed by atoms with Gasteiger partial charge in [-0.05, 0) is 37.3 Å². The summed E-state index contributed by atoms with van der Waals surface area (Å²) in [5.74, 6) is 0.433. The summed E-state index contributed by atoms with van der Waals surface area (Å²) in [4.78, 5) is 14.8. The summed E-state index contributed by atoms with van der Waals surface area (Å²) < 4.78 is 15.6. The largest absolute Gasteiger partial charge is 0.322 e. The van der Waals surface area contributed by atoms with Crippen LogP contribution < -0.4 is 5.32 Å². The number of anilines is 1. The molecule has 8 heteroatoms. The lowest BCUT2D eigenvalue weighted by atomic mass is 10.2. The van der Waals surface area contributed by atoms with E-state index in [0.29, 0.717) is 17.1 Å². The molecular weight excluding hydrogens is 317 g/mol. The maximum absolute atomic E-state index is 13.8. The fourth-order valence-corrected chi connectivity index (χ4v) is 3.27. The van der Waals surface area contributed by atoms with Crippen molar-refractivity contribution in [3.05, 3.63) is 36.2 Å². The van der Waals surface area contributed by atoms with Gasteiger partial charge in [0, 0.05) is 24.2 Å². The van der Waals surface area contributed by atoms with Crippen LogP contribution in [0.2, 0.25) is 0 Å². The van der Waals surface area contributed by atoms with Crippen LogP contribution in [-0.4, -0.2) is 38.5 Å². The van der Waals surface area contributed by atoms with Crippen molar-refractivity contribution in [2.45, 2.75) is 23.8 Å². The minimum atomic E-state index is -0.332. The number of nitrogens with zero attached hydrogens (tertiary/aromatic N) is 4. The van der Waals surface area contributed by atoms with E-state index in [-0.39, 0.29) is 17.9 Å². The summed E-state index contributed by atoms with van der Waals surface area (Å²) in [5, 5.41) is 10.7. The second-order valence-corrected chi connectivity index (χ2v) is 6.28. The first-order valence-electron chi connectivity index (χ1n) is 7.35. The Labute approximate surface area is 138 Å². The van der Waals surface area contributed by atoms with Crippen molar-refractivity contribution >= 4 is 23.5 Å². The number of hydrogen-bond acceptors (Lipinski definition) is 4. The molecule has 0 bridgehead atoms. The van der Waals surface area contributed by atoms with Gasteiger partial charge in [-0.2, -0.15) is 0 Å². The van der Waals surface area contributed by atoms with Crippen LogP contribution in [-0.2, 0) is 7.05 Å². The zero-order valence-electron chi connectivity index (χ0n) is 13.0. The molecule has 0 radical (unpaired) electrons. The van der Waals surface area contributed by atoms with E-state index in [9.17, 15) is 9.18 Å². The van der Waals surface area contributed by atoms with Gasteiger partial charge < -0.3 is 14.8 Å². The van der Waals surface area contributed by atoms with Crippen molar-refractivity contribution in [3.8, 4) is 0 Å². The van der Waals surface area contributed by atoms with Crippen molar-refractivity contribution in [2.75, 3.05) is 18.1 Å². The highest BCUT2D eigenvalue weighted by molar-refractivity contribution is 7.98. The van der Waals surface area contributed by atoms with Gasteiger partial charge >= 0.3 is 6.03 Å². The number of rotatable bonds is 3. The smallest absolute Gasteiger partial charge is 0.319 e. The number of nitrogens with one attached hydrogen (secondary N) is 1. The van der Waals surface area contributed by atoms with Gasteiger partial charge in [-0.3, -0.25) is 0 Å². The number of carbonyl (C=O) groups is 1. The molecule has 1 aliphatic heterocycles. The van der Waals surface area contributed by atoms with Crippen molar-refractivity contribution in [3.63, 3.8) is 0 Å². The molecule has 0 unspecified atom stereocenters. The molecule has 2 aromatic rings. The number of aryl methyl sites for hydroxylation is 1. The van der Waals surface area contributed by atoms with Crippen molar-refractivity contribution < 1.29 is 9.18 Å². The Morgan fingerprint density at radius 1 is 1.48 bits per heavy atom. The third-order valence-corrected chi connectivity index (χ3v) is 4.73. The topological polar surface area (TPSA) is 63.1 Å². The van der Waals surface area contributed by atoms with Gasteiger partial charge in [0.15, 0.2) is 5.82 Å². The molecular formula is C15H18FN5OS. The van der Waals surface area contributed by atoms with Gasteiger partial charge in [-0.25, -0.2) is 9.18 Å². The van der Waals surface area contributed by atoms with Crippen LogP contribution in [0.4, 0.5) is 14.9 Å². The average molecular weight is 335 g/mol. The van der Waals surface area contributed by atoms with E-state index < -0.39 is 0 Å². The van der Waals surface area contributed by atoms with Gasteiger partial charge in [0.1, 0.15) is 12.1 Å². The summed E-state index contributed by atoms with van der Waals surface area (Å²) in [6.07, 6.45) is 5.19. The Morgan fingerprint density at radius 2 is 2.30 bits per heavy atom. The van der Waals surface area contributed by atoms with Crippen LogP contribution in [0, 0.1) is 5.82 Å². The zero-order valence-corrected chi connectivity index (χ0v) is 13.8. The van der Waals surface area contributed by atoms with Gasteiger partial charge in [0.05, 0.1) is 6.04 Å². The first-order valence-corrected chi connectivity index (χ1v) is 8.57. The number of likely N-dealkylation sites (tertiary alicyclic amines) is 1. The molecule has 3 rings (SSSR count). The summed E-state index contributed by atoms with van der Waals surface area (Å²) in [6.45, 7) is 0.648. The molecule has 1 aromatic heterocycles. The van der Waals surface area contributed by atoms with Crippen molar-refractivity contribution in [2.24, 2.45) is 7.05 Å². The molecule has 122 valence electrons. The van der Waals surface area contributed by atoms with E-state index in [0.717, 1.165) is 18.7 Å². The normalized spacial score (nSPS) is 17.5. The van der Waals surface area contributed by atoms with Crippen LogP contribution in [0.25, 0.3) is 0 Å². The quantitative estimate of drug-likeness (QED) is 0.876. The number of amides is 2. The van der Waals surface area contributed by atoms with E-state index in [1.54, 1.807) is 23.4 Å². The van der Waals surface area contributed by atoms with Crippen LogP contribution in [0.15, 0.2) is 29.4 Å². The minimum Gasteiger partial charge on any atom is -0.319 e. The molecule has 6 nitrogen and oxygen atoms in total. The zero-order chi connectivity index (χ0) is 16.4. The molecule has 2 heterocycles. The fourth-order valence-electron chi connectivity index (χ4n) is 2.81. The number of carbonyl (C=O) groups excluding carboxylic acids is 1. The Morgan fingerprint density at radius 3 is 2.96 bits per heavy atom. The number of urea groups is 1. The van der Waals surface area contributed by atoms with Crippen LogP contribution >= 0.6 is 11.8 Å². The second-order valence-electron chi connectivity index (χ2n) is 5.43. The maximum Gasteiger partial charge on any atom is 0.322 e. The summed E-state index contributed by atoms with van der Waals surface area (Å²) in [7, 11) is 1.86. The molecule has 0 aliphatic carbocycles. The lowest BCUT2D eigenvalue weighted by molar-refractivity contribution is 0.204. The standard InChI is InChI=1S/C15H18FN5OS/c1-20-9-17-19-14(20)12-4-3-7-21(12)15(22)18-10-5-6-13(23-2)11(16)8-10/h5-6,8-9,12H,3-4,7H2,1-2H3,(H,18,22)/t12-/m0/s1. The Balaban J connectivity index is 1.75. The van der Waals surface area contributed by atoms with Gasteiger partial charge in [-0.1, -0.05) is 0 Å². The number of thioether (sulfide) groups is 1. The fraction of sp³-hybridized carbons (Fsp3) is 0.400. The SMILES string of the molecule is CSc1ccc(NC(=O)N2CCC[C@H]2c2nncn2C)cc1F. The van der Waals surface area contributed by atoms with E-state index in [4.69, 9.17) is 0 Å². The van der Waals surface area contributed by atoms with Crippen LogP contribution in [0.1, 0.15) is 24.7 Å². The van der Waals surface area contributed by atoms with Crippen molar-refractivity contribution in [1.29, 1.82) is 0 Å². The third-order valence-electron chi connectivity index (χ3n) is 3.96. The Kier molecular flexibility index (Phi) is 4.51. The molecule has 1 N–H and O–H groups in total. The predicted molar refractivity (Wildman–Crippen MR) is 86.9 cm³/mol. The number of halogens is 1. The minimum absolute atomic E-state index is 0.0992. The molecule has 23 heavy (non-hydrogen) atoms. The number of benzene rings is 1. The molecule has 1 atom stereocenters. The number of hydrogen-bond donors (Lipinski definition) is 1. The highest BCUT2D eigenvalue weighted by Crippen LogP contribution is 2.31. The molecule has 0 spiro atoms. The highest BCUT2D eigenvalue weighted by atomic mass is 32.2. The predicted octanol–water partition coefficient (Wildman–Crippen LogP) is 3.05. The van der Waals surface area contributed by atoms with Crippen LogP contribution in [0.3, 0.4) is 0 Å². The average Bonchev–Trinajstić information content (AvgIpc) is 3.15. The summed E-state index contributed by atoms with van der Waals surface area (Å²) in [6, 6.07) is 4.38. The second kappa shape index (κ2) is 6.57. The third kappa shape index (κ3) is 3.17. The number of aromatic nitrogens is 3. The molecule has 1 aliphatic rings. The summed E-state index contributed by atoms with van der Waals surface area (Å²) in [5.41, 5.74) is 0.453. The molecule has 1 aromatic carbocycles. The highest BCUT2D eigenvalue weighted by Gasteiger charge is 2.33. The van der Waals surface area contributed by atoms with Crippen molar-refractivity contribution in [1.82, 2.24) is 19.7 Å². The summed E-state index contributed by atoms with van der Waals surface area (Å²) >= 11 is 1.33. The van der Waals surface area contributed by atoms with Gasteiger partial charge in [0.2, 0.25) is 0 Å².